The van der Waals surface area contributed by atoms with Gasteiger partial charge in [-0.2, -0.15) is 5.10 Å². The molecule has 136 valence electrons. The van der Waals surface area contributed by atoms with Crippen LogP contribution in [0.2, 0.25) is 0 Å². The lowest BCUT2D eigenvalue weighted by atomic mass is 10.2. The zero-order valence-electron chi connectivity index (χ0n) is 14.9. The van der Waals surface area contributed by atoms with Gasteiger partial charge in [0.05, 0.1) is 23.5 Å². The van der Waals surface area contributed by atoms with Crippen molar-refractivity contribution in [2.24, 2.45) is 7.05 Å². The van der Waals surface area contributed by atoms with Crippen molar-refractivity contribution >= 4 is 11.6 Å². The highest BCUT2D eigenvalue weighted by Gasteiger charge is 2.19. The van der Waals surface area contributed by atoms with E-state index in [0.717, 1.165) is 30.7 Å². The number of carbonyl (C=O) groups is 1. The summed E-state index contributed by atoms with van der Waals surface area (Å²) in [6.07, 6.45) is 6.96. The lowest BCUT2D eigenvalue weighted by Crippen LogP contribution is -2.23. The van der Waals surface area contributed by atoms with Crippen LogP contribution in [0.1, 0.15) is 33.7 Å². The lowest BCUT2D eigenvalue weighted by molar-refractivity contribution is 0.0950. The van der Waals surface area contributed by atoms with Gasteiger partial charge in [0.1, 0.15) is 0 Å². The number of hydrogen-bond donors (Lipinski definition) is 2. The van der Waals surface area contributed by atoms with Crippen molar-refractivity contribution in [1.29, 1.82) is 0 Å². The van der Waals surface area contributed by atoms with Gasteiger partial charge in [0, 0.05) is 25.1 Å². The van der Waals surface area contributed by atoms with Crippen molar-refractivity contribution in [3.63, 3.8) is 0 Å². The van der Waals surface area contributed by atoms with E-state index in [0.29, 0.717) is 23.6 Å². The Morgan fingerprint density at radius 2 is 2.19 bits per heavy atom. The van der Waals surface area contributed by atoms with Gasteiger partial charge in [-0.25, -0.2) is 0 Å². The van der Waals surface area contributed by atoms with Crippen LogP contribution >= 0.6 is 0 Å². The number of rotatable bonds is 4. The van der Waals surface area contributed by atoms with E-state index in [-0.39, 0.29) is 5.91 Å². The number of aromatic amines is 1. The van der Waals surface area contributed by atoms with Gasteiger partial charge in [-0.05, 0) is 49.1 Å². The third kappa shape index (κ3) is 2.61. The number of fused-ring (bicyclic) bond motifs is 2. The van der Waals surface area contributed by atoms with E-state index in [1.54, 1.807) is 18.3 Å². The fourth-order valence-electron chi connectivity index (χ4n) is 3.69. The molecule has 27 heavy (non-hydrogen) atoms. The van der Waals surface area contributed by atoms with Crippen LogP contribution in [-0.4, -0.2) is 35.3 Å². The summed E-state index contributed by atoms with van der Waals surface area (Å²) in [6.45, 7) is 0.426. The van der Waals surface area contributed by atoms with Crippen molar-refractivity contribution in [2.45, 2.75) is 25.8 Å². The number of H-pyrrole nitrogens is 1. The van der Waals surface area contributed by atoms with Gasteiger partial charge in [-0.3, -0.25) is 14.3 Å². The van der Waals surface area contributed by atoms with Crippen molar-refractivity contribution in [1.82, 2.24) is 34.7 Å². The smallest absolute Gasteiger partial charge is 0.253 e. The van der Waals surface area contributed by atoms with Crippen LogP contribution in [0.4, 0.5) is 0 Å². The summed E-state index contributed by atoms with van der Waals surface area (Å²) in [5.41, 5.74) is 5.60. The Morgan fingerprint density at radius 1 is 1.26 bits per heavy atom. The van der Waals surface area contributed by atoms with E-state index in [1.165, 1.54) is 11.3 Å². The molecule has 0 radical (unpaired) electrons. The van der Waals surface area contributed by atoms with E-state index in [2.05, 4.69) is 25.7 Å². The topological polar surface area (TPSA) is 92.9 Å². The summed E-state index contributed by atoms with van der Waals surface area (Å²) >= 11 is 0. The molecule has 0 aliphatic heterocycles. The molecule has 8 heteroatoms. The molecule has 0 atom stereocenters. The Labute approximate surface area is 155 Å². The maximum atomic E-state index is 12.7. The average Bonchev–Trinajstić information content (AvgIpc) is 3.43. The molecule has 5 rings (SSSR count). The minimum atomic E-state index is -0.141. The first-order chi connectivity index (χ1) is 13.2. The third-order valence-electron chi connectivity index (χ3n) is 5.15. The standard InChI is InChI=1S/C19H19N7O/c1-25-9-3-6-16(25)18-24-23-17-8-7-12(11-26(17)18)19(27)20-10-15-13-4-2-5-14(13)21-22-15/h3,6-9,11H,2,4-5,10H2,1H3,(H,20,27)(H,21,22). The van der Waals surface area contributed by atoms with Gasteiger partial charge in [0.15, 0.2) is 11.5 Å². The van der Waals surface area contributed by atoms with E-state index in [4.69, 9.17) is 0 Å². The predicted molar refractivity (Wildman–Crippen MR) is 99.2 cm³/mol. The molecule has 0 saturated heterocycles. The molecule has 1 aliphatic carbocycles. The molecule has 8 nitrogen and oxygen atoms in total. The Bertz CT molecular complexity index is 1150. The highest BCUT2D eigenvalue weighted by atomic mass is 16.1. The normalized spacial score (nSPS) is 13.2. The monoisotopic (exact) mass is 361 g/mol. The summed E-state index contributed by atoms with van der Waals surface area (Å²) in [4.78, 5) is 12.7. The maximum absolute atomic E-state index is 12.7. The van der Waals surface area contributed by atoms with Crippen molar-refractivity contribution < 1.29 is 4.79 Å². The molecular weight excluding hydrogens is 342 g/mol. The van der Waals surface area contributed by atoms with Crippen molar-refractivity contribution in [3.05, 3.63) is 59.2 Å². The quantitative estimate of drug-likeness (QED) is 0.580. The second-order valence-corrected chi connectivity index (χ2v) is 6.84. The van der Waals surface area contributed by atoms with Crippen LogP contribution < -0.4 is 5.32 Å². The second kappa shape index (κ2) is 6.08. The van der Waals surface area contributed by atoms with Crippen LogP contribution in [0.15, 0.2) is 36.7 Å². The molecule has 0 aromatic carbocycles. The van der Waals surface area contributed by atoms with Gasteiger partial charge in [0.2, 0.25) is 0 Å². The summed E-state index contributed by atoms with van der Waals surface area (Å²) in [6, 6.07) is 7.50. The molecule has 4 aromatic heterocycles. The van der Waals surface area contributed by atoms with E-state index in [1.807, 2.05) is 34.3 Å². The molecule has 0 fully saturated rings. The number of aromatic nitrogens is 6. The van der Waals surface area contributed by atoms with E-state index in [9.17, 15) is 4.79 Å². The molecule has 4 aromatic rings. The van der Waals surface area contributed by atoms with Crippen LogP contribution in [0.25, 0.3) is 17.2 Å². The summed E-state index contributed by atoms with van der Waals surface area (Å²) < 4.78 is 3.82. The number of nitrogens with one attached hydrogen (secondary N) is 2. The number of pyridine rings is 1. The first kappa shape index (κ1) is 15.8. The fraction of sp³-hybridized carbons (Fsp3) is 0.263. The number of nitrogens with zero attached hydrogens (tertiary/aromatic N) is 5. The summed E-state index contributed by atoms with van der Waals surface area (Å²) in [5, 5.41) is 18.8. The molecule has 4 heterocycles. The van der Waals surface area contributed by atoms with Gasteiger partial charge in [0.25, 0.3) is 5.91 Å². The van der Waals surface area contributed by atoms with Gasteiger partial charge in [-0.1, -0.05) is 0 Å². The third-order valence-corrected chi connectivity index (χ3v) is 5.15. The Morgan fingerprint density at radius 3 is 3.04 bits per heavy atom. The fourth-order valence-corrected chi connectivity index (χ4v) is 3.69. The van der Waals surface area contributed by atoms with Crippen LogP contribution in [0, 0.1) is 0 Å². The maximum Gasteiger partial charge on any atom is 0.253 e. The van der Waals surface area contributed by atoms with Crippen molar-refractivity contribution in [3.8, 4) is 11.5 Å². The Kier molecular flexibility index (Phi) is 3.56. The molecule has 1 aliphatic rings. The first-order valence-corrected chi connectivity index (χ1v) is 9.00. The van der Waals surface area contributed by atoms with E-state index < -0.39 is 0 Å². The molecule has 0 unspecified atom stereocenters. The average molecular weight is 361 g/mol. The van der Waals surface area contributed by atoms with Crippen LogP contribution in [0.5, 0.6) is 0 Å². The largest absolute Gasteiger partial charge is 0.348 e. The van der Waals surface area contributed by atoms with Gasteiger partial charge >= 0.3 is 0 Å². The number of aryl methyl sites for hydroxylation is 2. The molecule has 1 amide bonds. The van der Waals surface area contributed by atoms with E-state index >= 15 is 0 Å². The van der Waals surface area contributed by atoms with Gasteiger partial charge in [-0.15, -0.1) is 10.2 Å². The number of hydrogen-bond acceptors (Lipinski definition) is 4. The highest BCUT2D eigenvalue weighted by Crippen LogP contribution is 2.23. The molecule has 0 saturated carbocycles. The van der Waals surface area contributed by atoms with Crippen LogP contribution in [0.3, 0.4) is 0 Å². The lowest BCUT2D eigenvalue weighted by Gasteiger charge is -2.06. The molecule has 0 bridgehead atoms. The van der Waals surface area contributed by atoms with Crippen LogP contribution in [-0.2, 0) is 26.4 Å². The summed E-state index contributed by atoms with van der Waals surface area (Å²) in [7, 11) is 1.95. The SMILES string of the molecule is Cn1cccc1-c1nnc2ccc(C(=O)NCc3n[nH]c4c3CCC4)cn12. The zero-order chi connectivity index (χ0) is 18.4. The Hall–Kier alpha value is -3.42. The second-order valence-electron chi connectivity index (χ2n) is 6.84. The number of amides is 1. The first-order valence-electron chi connectivity index (χ1n) is 9.00. The Balaban J connectivity index is 1.41. The highest BCUT2D eigenvalue weighted by molar-refractivity contribution is 5.94. The minimum absolute atomic E-state index is 0.141. The van der Waals surface area contributed by atoms with Gasteiger partial charge < -0.3 is 9.88 Å². The molecule has 0 spiro atoms. The molecule has 2 N–H and O–H groups in total. The van der Waals surface area contributed by atoms with Crippen molar-refractivity contribution in [2.75, 3.05) is 0 Å². The predicted octanol–water partition coefficient (Wildman–Crippen LogP) is 1.88. The zero-order valence-corrected chi connectivity index (χ0v) is 14.9. The minimum Gasteiger partial charge on any atom is -0.348 e. The summed E-state index contributed by atoms with van der Waals surface area (Å²) in [5.74, 6) is 0.565. The number of carbonyl (C=O) groups excluding carboxylic acids is 1. The molecular formula is C19H19N7O.